The first-order valence-corrected chi connectivity index (χ1v) is 25.1. The molecule has 0 aliphatic carbocycles. The van der Waals surface area contributed by atoms with Gasteiger partial charge >= 0.3 is 6.09 Å². The lowest BCUT2D eigenvalue weighted by atomic mass is 9.86. The van der Waals surface area contributed by atoms with Crippen LogP contribution in [0, 0.1) is 34.5 Å². The number of hydrogen-bond acceptors (Lipinski definition) is 4. The van der Waals surface area contributed by atoms with E-state index in [1.165, 1.54) is 0 Å². The molecule has 5 rings (SSSR count). The maximum atomic E-state index is 16.0. The summed E-state index contributed by atoms with van der Waals surface area (Å²) >= 11 is 0. The van der Waals surface area contributed by atoms with Gasteiger partial charge in [-0.15, -0.1) is 0 Å². The fraction of sp³-hybridized carbons (Fsp3) is 0.360. The van der Waals surface area contributed by atoms with E-state index in [1.54, 1.807) is 102 Å². The van der Waals surface area contributed by atoms with Gasteiger partial charge in [0, 0.05) is 0 Å². The molecule has 0 bridgehead atoms. The topological polar surface area (TPSA) is 76.7 Å². The number of amides is 2. The minimum Gasteiger partial charge on any atom is -0.444 e. The van der Waals surface area contributed by atoms with Crippen molar-refractivity contribution in [1.29, 1.82) is 0 Å². The Bertz CT molecular complexity index is 2230. The van der Waals surface area contributed by atoms with Crippen LogP contribution >= 0.6 is 7.26 Å². The van der Waals surface area contributed by atoms with Gasteiger partial charge in [0.05, 0.1) is 47.9 Å². The Morgan fingerprint density at radius 3 is 1.38 bits per heavy atom. The van der Waals surface area contributed by atoms with Crippen LogP contribution in [-0.4, -0.2) is 50.3 Å². The third-order valence-electron chi connectivity index (χ3n) is 11.2. The van der Waals surface area contributed by atoms with Gasteiger partial charge < -0.3 is 19.8 Å². The zero-order valence-corrected chi connectivity index (χ0v) is 39.6. The quantitative estimate of drug-likeness (QED) is 0.0383. The molecular formula is C50H59F5N2O4PSi+. The first-order valence-electron chi connectivity index (χ1n) is 21.0. The number of carbonyl (C=O) groups is 2. The van der Waals surface area contributed by atoms with Gasteiger partial charge in [-0.2, -0.15) is 0 Å². The Balaban J connectivity index is 1.80. The highest BCUT2D eigenvalue weighted by atomic mass is 31.2. The maximum absolute atomic E-state index is 16.0. The Kier molecular flexibility index (Phi) is 15.2. The van der Waals surface area contributed by atoms with Crippen LogP contribution in [0.3, 0.4) is 0 Å². The summed E-state index contributed by atoms with van der Waals surface area (Å²) in [6, 6.07) is 35.2. The molecule has 3 atom stereocenters. The Morgan fingerprint density at radius 1 is 0.603 bits per heavy atom. The molecule has 336 valence electrons. The molecule has 0 aliphatic rings. The van der Waals surface area contributed by atoms with Crippen molar-refractivity contribution in [3.05, 3.63) is 156 Å². The molecule has 6 nitrogen and oxygen atoms in total. The molecule has 2 amide bonds. The molecule has 0 fully saturated rings. The van der Waals surface area contributed by atoms with Crippen LogP contribution < -0.4 is 31.6 Å². The van der Waals surface area contributed by atoms with Crippen LogP contribution in [0.4, 0.5) is 26.7 Å². The largest absolute Gasteiger partial charge is 0.444 e. The lowest BCUT2D eigenvalue weighted by Crippen LogP contribution is -2.69. The molecule has 5 aromatic carbocycles. The smallest absolute Gasteiger partial charge is 0.408 e. The van der Waals surface area contributed by atoms with Gasteiger partial charge in [-0.1, -0.05) is 139 Å². The van der Waals surface area contributed by atoms with Gasteiger partial charge in [-0.05, 0) is 72.8 Å². The van der Waals surface area contributed by atoms with Gasteiger partial charge in [0.2, 0.25) is 11.7 Å². The third kappa shape index (κ3) is 10.9. The molecule has 0 aromatic heterocycles. The van der Waals surface area contributed by atoms with E-state index in [9.17, 15) is 14.0 Å². The van der Waals surface area contributed by atoms with Crippen molar-refractivity contribution in [3.63, 3.8) is 0 Å². The average molecular weight is 906 g/mol. The van der Waals surface area contributed by atoms with E-state index in [4.69, 9.17) is 9.16 Å². The predicted octanol–water partition coefficient (Wildman–Crippen LogP) is 9.94. The van der Waals surface area contributed by atoms with Crippen LogP contribution in [0.1, 0.15) is 74.8 Å². The molecule has 0 radical (unpaired) electrons. The highest BCUT2D eigenvalue weighted by Gasteiger charge is 2.54. The highest BCUT2D eigenvalue weighted by molar-refractivity contribution is 7.88. The molecule has 0 heterocycles. The van der Waals surface area contributed by atoms with Crippen LogP contribution in [0.2, 0.25) is 5.04 Å². The van der Waals surface area contributed by atoms with Crippen LogP contribution in [0.5, 0.6) is 0 Å². The van der Waals surface area contributed by atoms with E-state index >= 15 is 17.6 Å². The minimum atomic E-state index is -3.40. The number of halogens is 5. The van der Waals surface area contributed by atoms with E-state index < -0.39 is 103 Å². The summed E-state index contributed by atoms with van der Waals surface area (Å²) in [5, 5.41) is 8.57. The lowest BCUT2D eigenvalue weighted by Gasteiger charge is -2.46. The summed E-state index contributed by atoms with van der Waals surface area (Å²) in [4.78, 5) is 28.3. The third-order valence-corrected chi connectivity index (χ3v) is 20.8. The first-order chi connectivity index (χ1) is 29.4. The number of nitrogens with one attached hydrogen (secondary N) is 2. The van der Waals surface area contributed by atoms with Crippen LogP contribution in [0.25, 0.3) is 0 Å². The molecule has 0 saturated carbocycles. The molecule has 63 heavy (non-hydrogen) atoms. The number of carbonyl (C=O) groups excluding carboxylic acids is 2. The fourth-order valence-electron chi connectivity index (χ4n) is 8.16. The monoisotopic (exact) mass is 905 g/mol. The molecular weight excluding hydrogens is 847 g/mol. The SMILES string of the molecule is CC(O[Si](c1ccccc1)(c1ccccc1)C(C)(C)C)[C@@H](C[P+](Cc1c(F)c(F)c(F)c(F)c1F)(c1ccccc1)c1ccccc1)NC(=O)[C@H](NC(=O)OC(C)(C)C)C(C)(C)C. The first kappa shape index (κ1) is 49.1. The summed E-state index contributed by atoms with van der Waals surface area (Å²) in [7, 11) is -6.78. The second kappa shape index (κ2) is 19.5. The Morgan fingerprint density at radius 2 is 1.00 bits per heavy atom. The van der Waals surface area contributed by atoms with Gasteiger partial charge in [0.1, 0.15) is 11.6 Å². The molecule has 0 spiro atoms. The van der Waals surface area contributed by atoms with Crippen molar-refractivity contribution >= 4 is 48.6 Å². The molecule has 13 heteroatoms. The van der Waals surface area contributed by atoms with Crippen molar-refractivity contribution in [2.45, 2.75) is 104 Å². The number of rotatable bonds is 14. The number of benzene rings is 5. The van der Waals surface area contributed by atoms with E-state index in [1.807, 2.05) is 67.6 Å². The maximum Gasteiger partial charge on any atom is 0.408 e. The average Bonchev–Trinajstić information content (AvgIpc) is 3.23. The van der Waals surface area contributed by atoms with Gasteiger partial charge in [0.15, 0.2) is 23.3 Å². The lowest BCUT2D eigenvalue weighted by molar-refractivity contribution is -0.126. The second-order valence-electron chi connectivity index (χ2n) is 19.1. The normalized spacial score (nSPS) is 14.1. The molecule has 1 unspecified atom stereocenters. The second-order valence-corrected chi connectivity index (χ2v) is 27.0. The van der Waals surface area contributed by atoms with Gasteiger partial charge in [-0.3, -0.25) is 4.79 Å². The van der Waals surface area contributed by atoms with E-state index in [0.717, 1.165) is 10.4 Å². The number of ether oxygens (including phenoxy) is 1. The molecule has 0 saturated heterocycles. The summed E-state index contributed by atoms with van der Waals surface area (Å²) < 4.78 is 90.1. The Labute approximate surface area is 370 Å². The van der Waals surface area contributed by atoms with Crippen molar-refractivity contribution in [2.24, 2.45) is 5.41 Å². The molecule has 2 N–H and O–H groups in total. The van der Waals surface area contributed by atoms with Crippen LogP contribution in [0.15, 0.2) is 121 Å². The van der Waals surface area contributed by atoms with Crippen LogP contribution in [-0.2, 0) is 20.1 Å². The number of hydrogen-bond donors (Lipinski definition) is 2. The fourth-order valence-corrected chi connectivity index (χ4v) is 17.5. The van der Waals surface area contributed by atoms with Crippen molar-refractivity contribution < 1.29 is 40.7 Å². The van der Waals surface area contributed by atoms with Crippen molar-refractivity contribution in [1.82, 2.24) is 10.6 Å². The summed E-state index contributed by atoms with van der Waals surface area (Å²) in [6.07, 6.45) is -2.34. The van der Waals surface area contributed by atoms with E-state index in [0.29, 0.717) is 10.6 Å². The van der Waals surface area contributed by atoms with E-state index in [-0.39, 0.29) is 6.16 Å². The van der Waals surface area contributed by atoms with Gasteiger partial charge in [0.25, 0.3) is 8.32 Å². The molecule has 5 aromatic rings. The van der Waals surface area contributed by atoms with Crippen molar-refractivity contribution in [3.8, 4) is 0 Å². The zero-order chi connectivity index (χ0) is 46.5. The van der Waals surface area contributed by atoms with E-state index in [2.05, 4.69) is 31.4 Å². The predicted molar refractivity (Wildman–Crippen MR) is 247 cm³/mol. The zero-order valence-electron chi connectivity index (χ0n) is 37.7. The molecule has 0 aliphatic heterocycles. The Hall–Kier alpha value is -4.90. The van der Waals surface area contributed by atoms with Crippen molar-refractivity contribution in [2.75, 3.05) is 6.16 Å². The number of alkyl carbamates (subject to hydrolysis) is 1. The summed E-state index contributed by atoms with van der Waals surface area (Å²) in [5.74, 6) is -10.8. The standard InChI is InChI=1S/C50H58F5N2O4PSi/c1-33(61-63(50(8,9)10,36-27-19-13-20-28-36)37-29-21-14-22-30-37)39(56-46(58)45(48(2,3)4)57-47(59)60-49(5,6)7)32-62(34-23-15-11-16-24-34,35-25-17-12-18-26-35)31-38-40(51)42(53)44(55)43(54)41(38)52/h11-30,33,39,45H,31-32H2,1-10H3,(H-,56,57,58,59)/p+1/t33?,39-,45+/m1/s1. The summed E-state index contributed by atoms with van der Waals surface area (Å²) in [5.41, 5.74) is -2.70. The highest BCUT2D eigenvalue weighted by Crippen LogP contribution is 2.61. The van der Waals surface area contributed by atoms with Gasteiger partial charge in [-0.25, -0.2) is 26.7 Å². The summed E-state index contributed by atoms with van der Waals surface area (Å²) in [6.45, 7) is 18.7. The minimum absolute atomic E-state index is 0.0606.